The minimum Gasteiger partial charge on any atom is -0.444 e. The fourth-order valence-corrected chi connectivity index (χ4v) is 5.78. The largest absolute Gasteiger partial charge is 0.444 e. The summed E-state index contributed by atoms with van der Waals surface area (Å²) in [6, 6.07) is 10.1. The number of ether oxygens (including phenoxy) is 1. The van der Waals surface area contributed by atoms with E-state index in [4.69, 9.17) is 15.3 Å². The first-order valence-electron chi connectivity index (χ1n) is 12.7. The summed E-state index contributed by atoms with van der Waals surface area (Å²) < 4.78 is 34.1. The maximum Gasteiger partial charge on any atom is 0.411 e. The second-order valence-corrected chi connectivity index (χ2v) is 12.0. The van der Waals surface area contributed by atoms with Gasteiger partial charge in [0.25, 0.3) is 15.7 Å². The molecule has 1 aliphatic heterocycles. The maximum atomic E-state index is 14.1. The van der Waals surface area contributed by atoms with E-state index < -0.39 is 73.2 Å². The number of carbonyl (C=O) groups excluding carboxylic acids is 2. The Balaban J connectivity index is 2.20. The number of rotatable bonds is 11. The Bertz CT molecular complexity index is 1470. The Morgan fingerprint density at radius 2 is 1.69 bits per heavy atom. The van der Waals surface area contributed by atoms with E-state index in [1.807, 2.05) is 0 Å². The Hall–Kier alpha value is -4.41. The Kier molecular flexibility index (Phi) is 9.98. The number of hydrogen-bond acceptors (Lipinski definition) is 10. The topological polar surface area (TPSA) is 206 Å². The normalized spacial score (nSPS) is 17.4. The number of nitro benzene ring substituents is 1. The lowest BCUT2D eigenvalue weighted by Gasteiger charge is -2.41. The average molecular weight is 606 g/mol. The molecule has 2 aromatic carbocycles. The van der Waals surface area contributed by atoms with E-state index in [2.05, 4.69) is 0 Å². The molecule has 2 atom stereocenters. The second kappa shape index (κ2) is 13.1. The lowest BCUT2D eigenvalue weighted by Crippen LogP contribution is -2.58. The van der Waals surface area contributed by atoms with Gasteiger partial charge in [0.15, 0.2) is 4.90 Å². The monoisotopic (exact) mass is 605 g/mol. The third-order valence-electron chi connectivity index (χ3n) is 6.04. The molecule has 226 valence electrons. The third-order valence-corrected chi connectivity index (χ3v) is 7.78. The van der Waals surface area contributed by atoms with Gasteiger partial charge in [-0.25, -0.2) is 13.2 Å². The second-order valence-electron chi connectivity index (χ2n) is 10.3. The van der Waals surface area contributed by atoms with Crippen LogP contribution in [0.2, 0.25) is 0 Å². The summed E-state index contributed by atoms with van der Waals surface area (Å²) >= 11 is 0. The van der Waals surface area contributed by atoms with E-state index >= 15 is 0 Å². The van der Waals surface area contributed by atoms with Crippen LogP contribution in [-0.2, 0) is 31.0 Å². The van der Waals surface area contributed by atoms with Crippen LogP contribution in [0.4, 0.5) is 10.5 Å². The van der Waals surface area contributed by atoms with Crippen molar-refractivity contribution >= 4 is 27.7 Å². The van der Waals surface area contributed by atoms with Crippen LogP contribution in [0, 0.1) is 20.2 Å². The van der Waals surface area contributed by atoms with E-state index in [1.54, 1.807) is 51.1 Å². The molecule has 15 nitrogen and oxygen atoms in total. The fraction of sp³-hybridized carbons (Fsp3) is 0.385. The Labute approximate surface area is 241 Å². The van der Waals surface area contributed by atoms with E-state index in [-0.39, 0.29) is 18.6 Å². The predicted molar refractivity (Wildman–Crippen MR) is 148 cm³/mol. The predicted octanol–water partition coefficient (Wildman–Crippen LogP) is 2.78. The van der Waals surface area contributed by atoms with Crippen LogP contribution in [0.5, 0.6) is 0 Å². The van der Waals surface area contributed by atoms with Crippen molar-refractivity contribution in [2.75, 3.05) is 13.1 Å². The zero-order valence-electron chi connectivity index (χ0n) is 23.1. The quantitative estimate of drug-likeness (QED) is 0.225. The average Bonchev–Trinajstić information content (AvgIpc) is 2.91. The van der Waals surface area contributed by atoms with Gasteiger partial charge < -0.3 is 10.5 Å². The number of primary amides is 1. The van der Waals surface area contributed by atoms with Crippen LogP contribution >= 0.6 is 0 Å². The Morgan fingerprint density at radius 3 is 2.26 bits per heavy atom. The summed E-state index contributed by atoms with van der Waals surface area (Å²) in [6.45, 7) is 3.19. The molecule has 0 aliphatic carbocycles. The van der Waals surface area contributed by atoms with Gasteiger partial charge in [-0.2, -0.15) is 0 Å². The van der Waals surface area contributed by atoms with Gasteiger partial charge in [0.2, 0.25) is 12.5 Å². The number of nitrogens with two attached hydrogens (primary N) is 1. The van der Waals surface area contributed by atoms with Crippen LogP contribution in [0.15, 0.2) is 71.1 Å². The van der Waals surface area contributed by atoms with Crippen molar-refractivity contribution in [3.05, 3.63) is 92.0 Å². The zero-order valence-corrected chi connectivity index (χ0v) is 23.9. The SMILES string of the molecule is CC(C)(C)OC(=O)N1CC(N(OCc2ccccc2)S(=O)(=O)c2ccccc2[N+](=O)[O-])C(CC[N+](=O)[O-])=CC1C(N)=O. The summed E-state index contributed by atoms with van der Waals surface area (Å²) in [4.78, 5) is 53.1. The molecule has 0 fully saturated rings. The van der Waals surface area contributed by atoms with Crippen LogP contribution in [-0.4, -0.2) is 70.4 Å². The molecular weight excluding hydrogens is 574 g/mol. The molecule has 0 radical (unpaired) electrons. The summed E-state index contributed by atoms with van der Waals surface area (Å²) in [6.07, 6.45) is -0.189. The number of carbonyl (C=O) groups is 2. The van der Waals surface area contributed by atoms with Crippen molar-refractivity contribution in [1.82, 2.24) is 9.37 Å². The summed E-state index contributed by atoms with van der Waals surface area (Å²) in [7, 11) is -4.88. The van der Waals surface area contributed by atoms with E-state index in [0.717, 1.165) is 23.1 Å². The molecule has 3 rings (SSSR count). The first-order valence-corrected chi connectivity index (χ1v) is 14.1. The van der Waals surface area contributed by atoms with Crippen LogP contribution in [0.25, 0.3) is 0 Å². The molecule has 0 spiro atoms. The zero-order chi connectivity index (χ0) is 31.2. The van der Waals surface area contributed by atoms with Crippen LogP contribution < -0.4 is 5.73 Å². The number of para-hydroxylation sites is 1. The van der Waals surface area contributed by atoms with Crippen molar-refractivity contribution in [1.29, 1.82) is 0 Å². The molecule has 1 heterocycles. The van der Waals surface area contributed by atoms with Gasteiger partial charge in [-0.05, 0) is 38.0 Å². The Morgan fingerprint density at radius 1 is 1.07 bits per heavy atom. The molecule has 0 saturated carbocycles. The summed E-state index contributed by atoms with van der Waals surface area (Å²) in [5, 5.41) is 23.0. The van der Waals surface area contributed by atoms with Gasteiger partial charge in [0.1, 0.15) is 11.6 Å². The van der Waals surface area contributed by atoms with Gasteiger partial charge in [0, 0.05) is 24.0 Å². The molecular formula is C26H31N5O10S. The van der Waals surface area contributed by atoms with Gasteiger partial charge in [-0.3, -0.25) is 34.8 Å². The third kappa shape index (κ3) is 7.86. The number of amides is 2. The number of nitrogens with zero attached hydrogens (tertiary/aromatic N) is 4. The highest BCUT2D eigenvalue weighted by molar-refractivity contribution is 7.89. The van der Waals surface area contributed by atoms with E-state index in [9.17, 15) is 38.2 Å². The van der Waals surface area contributed by atoms with Gasteiger partial charge in [-0.1, -0.05) is 53.0 Å². The molecule has 42 heavy (non-hydrogen) atoms. The first-order chi connectivity index (χ1) is 19.6. The highest BCUT2D eigenvalue weighted by atomic mass is 32.2. The van der Waals surface area contributed by atoms with E-state index in [0.29, 0.717) is 10.0 Å². The van der Waals surface area contributed by atoms with Gasteiger partial charge in [-0.15, -0.1) is 0 Å². The van der Waals surface area contributed by atoms with Crippen molar-refractivity contribution in [2.24, 2.45) is 5.73 Å². The van der Waals surface area contributed by atoms with Gasteiger partial charge >= 0.3 is 6.09 Å². The lowest BCUT2D eigenvalue weighted by molar-refractivity contribution is -0.479. The minimum atomic E-state index is -4.88. The van der Waals surface area contributed by atoms with Crippen LogP contribution in [0.1, 0.15) is 32.8 Å². The van der Waals surface area contributed by atoms with Crippen LogP contribution in [0.3, 0.4) is 0 Å². The molecule has 2 amide bonds. The summed E-state index contributed by atoms with van der Waals surface area (Å²) in [5.41, 5.74) is 4.39. The first kappa shape index (κ1) is 32.1. The number of sulfonamides is 1. The molecule has 16 heteroatoms. The number of hydrogen-bond donors (Lipinski definition) is 1. The van der Waals surface area contributed by atoms with Crippen molar-refractivity contribution in [2.45, 2.75) is 56.4 Å². The molecule has 0 bridgehead atoms. The number of benzene rings is 2. The summed E-state index contributed by atoms with van der Waals surface area (Å²) in [5.74, 6) is -0.990. The standard InChI is InChI=1S/C26H31N5O10S/c1-26(2,3)41-25(33)28-16-22(19(13-14-29(34)35)15-21(28)24(27)32)31(40-17-18-9-5-4-6-10-18)42(38,39)23-12-8-7-11-20(23)30(36)37/h4-12,15,21-22H,13-14,16-17H2,1-3H3,(H2,27,32). The van der Waals surface area contributed by atoms with Crippen molar-refractivity contribution in [3.8, 4) is 0 Å². The minimum absolute atomic E-state index is 0.0468. The molecule has 2 aromatic rings. The van der Waals surface area contributed by atoms with E-state index in [1.165, 1.54) is 12.1 Å². The number of nitro groups is 2. The molecule has 0 aromatic heterocycles. The molecule has 0 saturated heterocycles. The molecule has 2 N–H and O–H groups in total. The van der Waals surface area contributed by atoms with Gasteiger partial charge in [0.05, 0.1) is 17.6 Å². The highest BCUT2D eigenvalue weighted by Crippen LogP contribution is 2.33. The fourth-order valence-electron chi connectivity index (χ4n) is 4.20. The van der Waals surface area contributed by atoms with Crippen molar-refractivity contribution < 1.29 is 37.4 Å². The molecule has 1 aliphatic rings. The highest BCUT2D eigenvalue weighted by Gasteiger charge is 2.45. The van der Waals surface area contributed by atoms with Crippen molar-refractivity contribution in [3.63, 3.8) is 0 Å². The number of hydroxylamine groups is 1. The lowest BCUT2D eigenvalue weighted by atomic mass is 9.95. The smallest absolute Gasteiger partial charge is 0.411 e. The molecule has 2 unspecified atom stereocenters. The maximum absolute atomic E-state index is 14.1.